The van der Waals surface area contributed by atoms with E-state index in [4.69, 9.17) is 0 Å². The van der Waals surface area contributed by atoms with Crippen LogP contribution in [-0.2, 0) is 17.9 Å². The van der Waals surface area contributed by atoms with E-state index in [1.807, 2.05) is 32.0 Å². The molecule has 1 heterocycles. The van der Waals surface area contributed by atoms with Crippen molar-refractivity contribution in [2.24, 2.45) is 5.92 Å². The molecule has 2 aromatic rings. The van der Waals surface area contributed by atoms with Crippen molar-refractivity contribution in [3.63, 3.8) is 0 Å². The van der Waals surface area contributed by atoms with Gasteiger partial charge in [-0.2, -0.15) is 0 Å². The van der Waals surface area contributed by atoms with Gasteiger partial charge in [0.2, 0.25) is 5.91 Å². The van der Waals surface area contributed by atoms with Crippen LogP contribution in [-0.4, -0.2) is 22.8 Å². The summed E-state index contributed by atoms with van der Waals surface area (Å²) in [6, 6.07) is 13.1. The minimum Gasteiger partial charge on any atom is -0.350 e. The molecule has 3 rings (SSSR count). The Morgan fingerprint density at radius 2 is 2.00 bits per heavy atom. The van der Waals surface area contributed by atoms with Gasteiger partial charge in [0.15, 0.2) is 0 Å². The van der Waals surface area contributed by atoms with Crippen LogP contribution in [0.3, 0.4) is 0 Å². The normalized spacial score (nSPS) is 15.5. The Morgan fingerprint density at radius 1 is 1.23 bits per heavy atom. The number of amides is 2. The van der Waals surface area contributed by atoms with Crippen molar-refractivity contribution in [2.45, 2.75) is 39.4 Å². The van der Waals surface area contributed by atoms with Gasteiger partial charge in [0.1, 0.15) is 11.9 Å². The summed E-state index contributed by atoms with van der Waals surface area (Å²) < 4.78 is 13.3. The van der Waals surface area contributed by atoms with Crippen LogP contribution < -0.4 is 5.32 Å². The molecular formula is C21H23FN2O2. The maximum Gasteiger partial charge on any atom is 0.255 e. The Kier molecular flexibility index (Phi) is 5.35. The average molecular weight is 354 g/mol. The molecule has 1 N–H and O–H groups in total. The maximum atomic E-state index is 13.3. The summed E-state index contributed by atoms with van der Waals surface area (Å²) >= 11 is 0. The lowest BCUT2D eigenvalue weighted by molar-refractivity contribution is -0.127. The third-order valence-electron chi connectivity index (χ3n) is 4.99. The van der Waals surface area contributed by atoms with Gasteiger partial charge in [0.05, 0.1) is 0 Å². The van der Waals surface area contributed by atoms with Crippen LogP contribution in [0.5, 0.6) is 0 Å². The zero-order valence-corrected chi connectivity index (χ0v) is 15.0. The van der Waals surface area contributed by atoms with E-state index < -0.39 is 6.04 Å². The lowest BCUT2D eigenvalue weighted by atomic mass is 9.96. The van der Waals surface area contributed by atoms with Gasteiger partial charge in [-0.1, -0.05) is 50.6 Å². The van der Waals surface area contributed by atoms with E-state index >= 15 is 0 Å². The standard InChI is InChI=1S/C21H23FN2O2/c1-3-14(2)19(20(25)23-12-15-7-6-9-17(22)11-15)24-13-16-8-4-5-10-18(16)21(24)26/h4-11,14,19H,3,12-13H2,1-2H3,(H,23,25)/t14-,19+/m1/s1. The fraction of sp³-hybridized carbons (Fsp3) is 0.333. The third-order valence-corrected chi connectivity index (χ3v) is 4.99. The Hall–Kier alpha value is -2.69. The zero-order valence-electron chi connectivity index (χ0n) is 15.0. The van der Waals surface area contributed by atoms with E-state index in [1.165, 1.54) is 12.1 Å². The first-order valence-corrected chi connectivity index (χ1v) is 8.92. The highest BCUT2D eigenvalue weighted by atomic mass is 19.1. The average Bonchev–Trinajstić information content (AvgIpc) is 2.97. The molecule has 1 aliphatic rings. The summed E-state index contributed by atoms with van der Waals surface area (Å²) in [6.45, 7) is 4.66. The van der Waals surface area contributed by atoms with E-state index in [-0.39, 0.29) is 30.1 Å². The van der Waals surface area contributed by atoms with Gasteiger partial charge in [-0.3, -0.25) is 9.59 Å². The summed E-state index contributed by atoms with van der Waals surface area (Å²) in [7, 11) is 0. The van der Waals surface area contributed by atoms with Crippen molar-refractivity contribution in [3.8, 4) is 0 Å². The molecular weight excluding hydrogens is 331 g/mol. The number of benzene rings is 2. The summed E-state index contributed by atoms with van der Waals surface area (Å²) in [5, 5.41) is 2.87. The van der Waals surface area contributed by atoms with Gasteiger partial charge in [-0.25, -0.2) is 4.39 Å². The SMILES string of the molecule is CC[C@@H](C)[C@@H](C(=O)NCc1cccc(F)c1)N1Cc2ccccc2C1=O. The topological polar surface area (TPSA) is 49.4 Å². The Morgan fingerprint density at radius 3 is 2.69 bits per heavy atom. The molecule has 2 amide bonds. The van der Waals surface area contributed by atoms with Crippen LogP contribution in [0.1, 0.15) is 41.8 Å². The number of nitrogens with one attached hydrogen (secondary N) is 1. The molecule has 0 saturated carbocycles. The summed E-state index contributed by atoms with van der Waals surface area (Å²) in [4.78, 5) is 27.3. The molecule has 0 unspecified atom stereocenters. The van der Waals surface area contributed by atoms with E-state index in [0.717, 1.165) is 12.0 Å². The number of carbonyl (C=O) groups excluding carboxylic acids is 2. The van der Waals surface area contributed by atoms with Crippen molar-refractivity contribution in [1.82, 2.24) is 10.2 Å². The second-order valence-electron chi connectivity index (χ2n) is 6.77. The minimum atomic E-state index is -0.548. The summed E-state index contributed by atoms with van der Waals surface area (Å²) in [6.07, 6.45) is 0.776. The van der Waals surface area contributed by atoms with Crippen LogP contribution in [0.2, 0.25) is 0 Å². The molecule has 0 spiro atoms. The number of carbonyl (C=O) groups is 2. The number of hydrogen-bond acceptors (Lipinski definition) is 2. The fourth-order valence-corrected chi connectivity index (χ4v) is 3.37. The number of rotatable bonds is 6. The first kappa shape index (κ1) is 18.1. The Labute approximate surface area is 153 Å². The van der Waals surface area contributed by atoms with Gasteiger partial charge in [-0.05, 0) is 35.2 Å². The molecule has 0 aromatic heterocycles. The highest BCUT2D eigenvalue weighted by Crippen LogP contribution is 2.28. The largest absolute Gasteiger partial charge is 0.350 e. The van der Waals surface area contributed by atoms with Crippen molar-refractivity contribution < 1.29 is 14.0 Å². The van der Waals surface area contributed by atoms with Crippen LogP contribution in [0.25, 0.3) is 0 Å². The van der Waals surface area contributed by atoms with E-state index in [9.17, 15) is 14.0 Å². The summed E-state index contributed by atoms with van der Waals surface area (Å²) in [5.41, 5.74) is 2.31. The third kappa shape index (κ3) is 3.62. The molecule has 0 radical (unpaired) electrons. The first-order chi connectivity index (χ1) is 12.5. The second kappa shape index (κ2) is 7.68. The van der Waals surface area contributed by atoms with Crippen LogP contribution in [0.4, 0.5) is 4.39 Å². The molecule has 2 atom stereocenters. The Bertz CT molecular complexity index is 821. The van der Waals surface area contributed by atoms with Crippen LogP contribution >= 0.6 is 0 Å². The van der Waals surface area contributed by atoms with E-state index in [1.54, 1.807) is 23.1 Å². The first-order valence-electron chi connectivity index (χ1n) is 8.92. The van der Waals surface area contributed by atoms with Gasteiger partial charge in [0.25, 0.3) is 5.91 Å². The van der Waals surface area contributed by atoms with Crippen molar-refractivity contribution >= 4 is 11.8 Å². The molecule has 5 heteroatoms. The van der Waals surface area contributed by atoms with Crippen LogP contribution in [0, 0.1) is 11.7 Å². The molecule has 0 bridgehead atoms. The molecule has 1 aliphatic heterocycles. The number of nitrogens with zero attached hydrogens (tertiary/aromatic N) is 1. The minimum absolute atomic E-state index is 0.0146. The van der Waals surface area contributed by atoms with Gasteiger partial charge < -0.3 is 10.2 Å². The molecule has 0 saturated heterocycles. The summed E-state index contributed by atoms with van der Waals surface area (Å²) in [5.74, 6) is -0.627. The molecule has 26 heavy (non-hydrogen) atoms. The molecule has 0 fully saturated rings. The van der Waals surface area contributed by atoms with Crippen LogP contribution in [0.15, 0.2) is 48.5 Å². The molecule has 0 aliphatic carbocycles. The Balaban J connectivity index is 1.76. The quantitative estimate of drug-likeness (QED) is 0.863. The lowest BCUT2D eigenvalue weighted by Gasteiger charge is -2.31. The number of halogens is 1. The van der Waals surface area contributed by atoms with Crippen molar-refractivity contribution in [1.29, 1.82) is 0 Å². The smallest absolute Gasteiger partial charge is 0.255 e. The van der Waals surface area contributed by atoms with Crippen molar-refractivity contribution in [2.75, 3.05) is 0 Å². The highest BCUT2D eigenvalue weighted by Gasteiger charge is 2.38. The second-order valence-corrected chi connectivity index (χ2v) is 6.77. The highest BCUT2D eigenvalue weighted by molar-refractivity contribution is 6.01. The zero-order chi connectivity index (χ0) is 18.7. The number of hydrogen-bond donors (Lipinski definition) is 1. The predicted octanol–water partition coefficient (Wildman–Crippen LogP) is 3.51. The monoisotopic (exact) mass is 354 g/mol. The predicted molar refractivity (Wildman–Crippen MR) is 97.8 cm³/mol. The van der Waals surface area contributed by atoms with Crippen molar-refractivity contribution in [3.05, 3.63) is 71.0 Å². The van der Waals surface area contributed by atoms with Gasteiger partial charge >= 0.3 is 0 Å². The number of fused-ring (bicyclic) bond motifs is 1. The molecule has 2 aromatic carbocycles. The molecule has 136 valence electrons. The fourth-order valence-electron chi connectivity index (χ4n) is 3.37. The lowest BCUT2D eigenvalue weighted by Crippen LogP contribution is -2.50. The molecule has 4 nitrogen and oxygen atoms in total. The van der Waals surface area contributed by atoms with E-state index in [0.29, 0.717) is 17.7 Å². The van der Waals surface area contributed by atoms with Gasteiger partial charge in [-0.15, -0.1) is 0 Å². The van der Waals surface area contributed by atoms with Gasteiger partial charge in [0, 0.05) is 18.7 Å². The maximum absolute atomic E-state index is 13.3. The van der Waals surface area contributed by atoms with E-state index in [2.05, 4.69) is 5.32 Å².